The van der Waals surface area contributed by atoms with Gasteiger partial charge in [-0.3, -0.25) is 4.79 Å². The van der Waals surface area contributed by atoms with Gasteiger partial charge >= 0.3 is 0 Å². The fourth-order valence-corrected chi connectivity index (χ4v) is 4.94. The van der Waals surface area contributed by atoms with Gasteiger partial charge in [-0.25, -0.2) is 5.43 Å². The maximum Gasteiger partial charge on any atom is 0.271 e. The molecule has 168 valence electrons. The number of halogens is 1. The van der Waals surface area contributed by atoms with Crippen molar-refractivity contribution >= 4 is 57.0 Å². The normalized spacial score (nSPS) is 11.5. The van der Waals surface area contributed by atoms with Crippen molar-refractivity contribution in [2.45, 2.75) is 10.9 Å². The minimum atomic E-state index is -0.272. The number of nitrogens with zero attached hydrogens (tertiary/aromatic N) is 4. The van der Waals surface area contributed by atoms with E-state index in [1.807, 2.05) is 72.3 Å². The lowest BCUT2D eigenvalue weighted by Gasteiger charge is -2.10. The fraction of sp³-hybridized carbons (Fsp3) is 0.0769. The molecule has 0 radical (unpaired) electrons. The van der Waals surface area contributed by atoms with Crippen LogP contribution in [0.2, 0.25) is 5.02 Å². The Balaban J connectivity index is 1.33. The van der Waals surface area contributed by atoms with Crippen LogP contribution in [0, 0.1) is 0 Å². The number of amides is 1. The van der Waals surface area contributed by atoms with E-state index in [0.29, 0.717) is 10.6 Å². The van der Waals surface area contributed by atoms with Crippen molar-refractivity contribution in [3.8, 4) is 0 Å². The Kier molecular flexibility index (Phi) is 6.29. The number of hydrogen-bond acceptors (Lipinski definition) is 5. The van der Waals surface area contributed by atoms with Gasteiger partial charge in [0.25, 0.3) is 5.91 Å². The molecule has 34 heavy (non-hydrogen) atoms. The summed E-state index contributed by atoms with van der Waals surface area (Å²) in [4.78, 5) is 12.6. The number of thioether (sulfide) groups is 1. The summed E-state index contributed by atoms with van der Waals surface area (Å²) in [5.41, 5.74) is 5.18. The summed E-state index contributed by atoms with van der Waals surface area (Å²) < 4.78 is 1.87. The highest BCUT2D eigenvalue weighted by molar-refractivity contribution is 7.98. The zero-order chi connectivity index (χ0) is 23.5. The van der Waals surface area contributed by atoms with Crippen LogP contribution in [0.25, 0.3) is 21.5 Å². The zero-order valence-corrected chi connectivity index (χ0v) is 19.8. The summed E-state index contributed by atoms with van der Waals surface area (Å²) in [6.45, 7) is 0. The predicted molar refractivity (Wildman–Crippen MR) is 139 cm³/mol. The van der Waals surface area contributed by atoms with Crippen molar-refractivity contribution in [1.82, 2.24) is 20.2 Å². The van der Waals surface area contributed by atoms with Gasteiger partial charge in [-0.2, -0.15) is 5.10 Å². The van der Waals surface area contributed by atoms with Crippen LogP contribution >= 0.6 is 23.4 Å². The average Bonchev–Trinajstić information content (AvgIpc) is 3.29. The van der Waals surface area contributed by atoms with Crippen LogP contribution in [-0.4, -0.2) is 26.9 Å². The number of carbonyl (C=O) groups excluding carboxylic acids is 1. The van der Waals surface area contributed by atoms with E-state index < -0.39 is 0 Å². The van der Waals surface area contributed by atoms with Gasteiger partial charge in [0.05, 0.1) is 11.2 Å². The zero-order valence-electron chi connectivity index (χ0n) is 18.3. The predicted octanol–water partition coefficient (Wildman–Crippen LogP) is 5.83. The van der Waals surface area contributed by atoms with Crippen LogP contribution in [0.1, 0.15) is 21.5 Å². The first kappa shape index (κ1) is 22.1. The van der Waals surface area contributed by atoms with Crippen molar-refractivity contribution in [2.75, 3.05) is 0 Å². The Morgan fingerprint density at radius 1 is 1.00 bits per heavy atom. The third-order valence-electron chi connectivity index (χ3n) is 5.52. The van der Waals surface area contributed by atoms with Crippen LogP contribution in [-0.2, 0) is 12.8 Å². The highest BCUT2D eigenvalue weighted by atomic mass is 35.5. The summed E-state index contributed by atoms with van der Waals surface area (Å²) in [6, 6.07) is 23.3. The number of benzene rings is 4. The lowest BCUT2D eigenvalue weighted by molar-refractivity contribution is 0.0955. The van der Waals surface area contributed by atoms with E-state index in [9.17, 15) is 4.79 Å². The highest BCUT2D eigenvalue weighted by Crippen LogP contribution is 2.35. The molecule has 0 bridgehead atoms. The second-order valence-corrected chi connectivity index (χ2v) is 9.05. The fourth-order valence-electron chi connectivity index (χ4n) is 3.77. The number of carbonyl (C=O) groups is 1. The molecule has 0 unspecified atom stereocenters. The average molecular weight is 486 g/mol. The van der Waals surface area contributed by atoms with E-state index in [4.69, 9.17) is 11.6 Å². The van der Waals surface area contributed by atoms with Gasteiger partial charge in [-0.05, 0) is 28.5 Å². The molecule has 4 aromatic carbocycles. The lowest BCUT2D eigenvalue weighted by atomic mass is 9.97. The Labute approximate surface area is 205 Å². The van der Waals surface area contributed by atoms with Crippen molar-refractivity contribution in [1.29, 1.82) is 0 Å². The molecule has 0 aliphatic carbocycles. The minimum absolute atomic E-state index is 0.272. The molecule has 5 rings (SSSR count). The number of aromatic nitrogens is 3. The van der Waals surface area contributed by atoms with E-state index in [0.717, 1.165) is 43.6 Å². The lowest BCUT2D eigenvalue weighted by Crippen LogP contribution is -2.17. The molecule has 0 saturated carbocycles. The molecule has 1 heterocycles. The first-order valence-electron chi connectivity index (χ1n) is 10.6. The molecule has 1 amide bonds. The third-order valence-corrected chi connectivity index (χ3v) is 7.03. The molecule has 0 spiro atoms. The Morgan fingerprint density at radius 3 is 2.21 bits per heavy atom. The van der Waals surface area contributed by atoms with Crippen molar-refractivity contribution in [3.63, 3.8) is 0 Å². The molecule has 0 saturated heterocycles. The Hall–Kier alpha value is -3.68. The monoisotopic (exact) mass is 485 g/mol. The van der Waals surface area contributed by atoms with Crippen LogP contribution in [0.4, 0.5) is 0 Å². The number of aryl methyl sites for hydroxylation is 1. The highest BCUT2D eigenvalue weighted by Gasteiger charge is 2.11. The first-order chi connectivity index (χ1) is 16.6. The summed E-state index contributed by atoms with van der Waals surface area (Å²) >= 11 is 8.25. The molecule has 0 aliphatic heterocycles. The minimum Gasteiger partial charge on any atom is -0.312 e. The van der Waals surface area contributed by atoms with E-state index in [2.05, 4.69) is 20.7 Å². The smallest absolute Gasteiger partial charge is 0.271 e. The molecule has 0 fully saturated rings. The molecule has 1 aromatic heterocycles. The topological polar surface area (TPSA) is 72.2 Å². The molecular weight excluding hydrogens is 466 g/mol. The van der Waals surface area contributed by atoms with E-state index in [1.165, 1.54) is 0 Å². The quantitative estimate of drug-likeness (QED) is 0.142. The van der Waals surface area contributed by atoms with Gasteiger partial charge in [0.1, 0.15) is 6.33 Å². The number of rotatable bonds is 6. The van der Waals surface area contributed by atoms with Gasteiger partial charge in [-0.15, -0.1) is 10.2 Å². The standard InChI is InChI=1S/C26H20ClN5OS/c1-32-16-29-31-26(32)34-15-17-10-12-18(13-11-17)25(33)30-28-14-23-19-6-2-4-8-21(19)24(27)22-9-5-3-7-20(22)23/h2-14,16H,15H2,1H3,(H,30,33)/b28-14+. The first-order valence-corrected chi connectivity index (χ1v) is 12.0. The maximum atomic E-state index is 12.6. The van der Waals surface area contributed by atoms with Crippen molar-refractivity contribution in [2.24, 2.45) is 12.1 Å². The summed E-state index contributed by atoms with van der Waals surface area (Å²) in [5.74, 6) is 0.467. The van der Waals surface area contributed by atoms with Crippen LogP contribution in [0.5, 0.6) is 0 Å². The van der Waals surface area contributed by atoms with Gasteiger partial charge < -0.3 is 4.57 Å². The maximum absolute atomic E-state index is 12.6. The molecule has 6 nitrogen and oxygen atoms in total. The van der Waals surface area contributed by atoms with Crippen LogP contribution < -0.4 is 5.43 Å². The largest absolute Gasteiger partial charge is 0.312 e. The molecule has 0 aliphatic rings. The van der Waals surface area contributed by atoms with Crippen molar-refractivity contribution < 1.29 is 4.79 Å². The molecule has 1 N–H and O–H groups in total. The van der Waals surface area contributed by atoms with E-state index in [-0.39, 0.29) is 5.91 Å². The summed E-state index contributed by atoms with van der Waals surface area (Å²) in [5, 5.41) is 17.6. The molecule has 5 aromatic rings. The van der Waals surface area contributed by atoms with Gasteiger partial charge in [0.15, 0.2) is 5.16 Å². The van der Waals surface area contributed by atoms with Crippen molar-refractivity contribution in [3.05, 3.63) is 101 Å². The SMILES string of the molecule is Cn1cnnc1SCc1ccc(C(=O)N/N=C/c2c3ccccc3c(Cl)c3ccccc23)cc1. The molecule has 8 heteroatoms. The number of fused-ring (bicyclic) bond motifs is 2. The number of hydrazone groups is 1. The van der Waals surface area contributed by atoms with Gasteiger partial charge in [0.2, 0.25) is 0 Å². The van der Waals surface area contributed by atoms with Crippen LogP contribution in [0.15, 0.2) is 89.4 Å². The Morgan fingerprint density at radius 2 is 1.62 bits per heavy atom. The van der Waals surface area contributed by atoms with Gasteiger partial charge in [0, 0.05) is 34.7 Å². The Bertz CT molecular complexity index is 1470. The van der Waals surface area contributed by atoms with Crippen LogP contribution in [0.3, 0.4) is 0 Å². The summed E-state index contributed by atoms with van der Waals surface area (Å²) in [6.07, 6.45) is 3.36. The third kappa shape index (κ3) is 4.40. The second-order valence-electron chi connectivity index (χ2n) is 7.73. The van der Waals surface area contributed by atoms with E-state index >= 15 is 0 Å². The second kappa shape index (κ2) is 9.67. The van der Waals surface area contributed by atoms with E-state index in [1.54, 1.807) is 36.4 Å². The number of nitrogens with one attached hydrogen (secondary N) is 1. The number of hydrogen-bond donors (Lipinski definition) is 1. The molecule has 0 atom stereocenters. The summed E-state index contributed by atoms with van der Waals surface area (Å²) in [7, 11) is 1.91. The van der Waals surface area contributed by atoms with Gasteiger partial charge in [-0.1, -0.05) is 84.0 Å². The molecular formula is C26H20ClN5OS.